The van der Waals surface area contributed by atoms with Crippen molar-refractivity contribution < 1.29 is 23.9 Å². The minimum Gasteiger partial charge on any atom is -0.494 e. The third-order valence-electron chi connectivity index (χ3n) is 6.76. The number of imide groups is 1. The maximum atomic E-state index is 13.4. The van der Waals surface area contributed by atoms with Crippen LogP contribution in [0.1, 0.15) is 37.5 Å². The normalized spacial score (nSPS) is 20.8. The number of rotatable bonds is 7. The Bertz CT molecular complexity index is 1370. The molecule has 0 aliphatic carbocycles. The number of nitrogens with zero attached hydrogens (tertiary/aromatic N) is 1. The van der Waals surface area contributed by atoms with Gasteiger partial charge in [0, 0.05) is 24.1 Å². The molecular formula is C28H29N3O5. The Balaban J connectivity index is 1.31. The van der Waals surface area contributed by atoms with Gasteiger partial charge in [-0.3, -0.25) is 14.5 Å². The standard InChI is InChI=1S/C28H29N3O5/c1-4-35-23-13-19-12-17(2)36-24(19)14-20(23)15-29-25(32)16-31-26(33)28(3,30-27(31)34)22-11-7-9-18-8-5-6-10-21(18)22/h5-11,13-14,17H,4,12,15-16H2,1-3H3,(H,29,32)(H,30,34)/t17-,28-/m0/s1. The lowest BCUT2D eigenvalue weighted by Gasteiger charge is -2.24. The van der Waals surface area contributed by atoms with Gasteiger partial charge in [-0.05, 0) is 49.2 Å². The number of ether oxygens (including phenoxy) is 2. The Labute approximate surface area is 209 Å². The van der Waals surface area contributed by atoms with Crippen molar-refractivity contribution in [1.82, 2.24) is 15.5 Å². The van der Waals surface area contributed by atoms with E-state index in [1.807, 2.05) is 68.4 Å². The lowest BCUT2D eigenvalue weighted by molar-refractivity contribution is -0.134. The first-order valence-electron chi connectivity index (χ1n) is 12.1. The molecule has 1 fully saturated rings. The van der Waals surface area contributed by atoms with E-state index in [1.54, 1.807) is 6.92 Å². The average Bonchev–Trinajstić information content (AvgIpc) is 3.33. The van der Waals surface area contributed by atoms with Crippen molar-refractivity contribution in [2.24, 2.45) is 0 Å². The summed E-state index contributed by atoms with van der Waals surface area (Å²) in [5.41, 5.74) is 1.27. The number of carbonyl (C=O) groups is 3. The van der Waals surface area contributed by atoms with Gasteiger partial charge >= 0.3 is 6.03 Å². The zero-order chi connectivity index (χ0) is 25.4. The van der Waals surface area contributed by atoms with Crippen LogP contribution >= 0.6 is 0 Å². The van der Waals surface area contributed by atoms with Crippen LogP contribution in [0, 0.1) is 0 Å². The monoisotopic (exact) mass is 487 g/mol. The first-order valence-corrected chi connectivity index (χ1v) is 12.1. The summed E-state index contributed by atoms with van der Waals surface area (Å²) in [6, 6.07) is 16.6. The van der Waals surface area contributed by atoms with E-state index in [0.717, 1.165) is 39.0 Å². The van der Waals surface area contributed by atoms with Crippen LogP contribution in [0.2, 0.25) is 0 Å². The second-order valence-corrected chi connectivity index (χ2v) is 9.38. The third-order valence-corrected chi connectivity index (χ3v) is 6.76. The molecular weight excluding hydrogens is 458 g/mol. The summed E-state index contributed by atoms with van der Waals surface area (Å²) < 4.78 is 11.6. The minimum atomic E-state index is -1.27. The highest BCUT2D eigenvalue weighted by molar-refractivity contribution is 6.10. The molecule has 8 nitrogen and oxygen atoms in total. The largest absolute Gasteiger partial charge is 0.494 e. The molecule has 2 aliphatic heterocycles. The molecule has 0 bridgehead atoms. The minimum absolute atomic E-state index is 0.0926. The molecule has 3 aromatic carbocycles. The van der Waals surface area contributed by atoms with Gasteiger partial charge in [-0.15, -0.1) is 0 Å². The highest BCUT2D eigenvalue weighted by Crippen LogP contribution is 2.36. The fraction of sp³-hybridized carbons (Fsp3) is 0.321. The molecule has 8 heteroatoms. The molecule has 0 unspecified atom stereocenters. The first-order chi connectivity index (χ1) is 17.3. The Morgan fingerprint density at radius 2 is 1.97 bits per heavy atom. The maximum absolute atomic E-state index is 13.4. The van der Waals surface area contributed by atoms with E-state index in [4.69, 9.17) is 9.47 Å². The lowest BCUT2D eigenvalue weighted by atomic mass is 9.88. The summed E-state index contributed by atoms with van der Waals surface area (Å²) in [5.74, 6) is 0.565. The SMILES string of the molecule is CCOc1cc2c(cc1CNC(=O)CN1C(=O)N[C@@](C)(c3cccc4ccccc34)C1=O)O[C@@H](C)C2. The zero-order valence-electron chi connectivity index (χ0n) is 20.6. The van der Waals surface area contributed by atoms with Crippen molar-refractivity contribution in [3.63, 3.8) is 0 Å². The number of hydrogen-bond donors (Lipinski definition) is 2. The summed E-state index contributed by atoms with van der Waals surface area (Å²) in [4.78, 5) is 40.0. The van der Waals surface area contributed by atoms with Crippen LogP contribution in [0.4, 0.5) is 4.79 Å². The third kappa shape index (κ3) is 4.12. The lowest BCUT2D eigenvalue weighted by Crippen LogP contribution is -2.43. The summed E-state index contributed by atoms with van der Waals surface area (Å²) in [6.45, 7) is 5.88. The van der Waals surface area contributed by atoms with Crippen molar-refractivity contribution in [1.29, 1.82) is 0 Å². The molecule has 2 aliphatic rings. The molecule has 186 valence electrons. The predicted molar refractivity (Wildman–Crippen MR) is 135 cm³/mol. The van der Waals surface area contributed by atoms with Crippen molar-refractivity contribution in [2.45, 2.75) is 45.4 Å². The molecule has 1 saturated heterocycles. The van der Waals surface area contributed by atoms with Gasteiger partial charge in [0.05, 0.1) is 6.61 Å². The van der Waals surface area contributed by atoms with Gasteiger partial charge in [-0.2, -0.15) is 0 Å². The van der Waals surface area contributed by atoms with Gasteiger partial charge < -0.3 is 20.1 Å². The smallest absolute Gasteiger partial charge is 0.325 e. The van der Waals surface area contributed by atoms with Crippen LogP contribution < -0.4 is 20.1 Å². The molecule has 0 spiro atoms. The van der Waals surface area contributed by atoms with Crippen molar-refractivity contribution in [2.75, 3.05) is 13.2 Å². The maximum Gasteiger partial charge on any atom is 0.325 e. The van der Waals surface area contributed by atoms with Crippen LogP contribution in [0.15, 0.2) is 54.6 Å². The number of benzene rings is 3. The quantitative estimate of drug-likeness (QED) is 0.496. The van der Waals surface area contributed by atoms with E-state index in [2.05, 4.69) is 10.6 Å². The number of carbonyl (C=O) groups excluding carboxylic acids is 3. The highest BCUT2D eigenvalue weighted by atomic mass is 16.5. The molecule has 2 N–H and O–H groups in total. The molecule has 3 aromatic rings. The number of amides is 4. The van der Waals surface area contributed by atoms with E-state index in [9.17, 15) is 14.4 Å². The van der Waals surface area contributed by atoms with Gasteiger partial charge in [0.15, 0.2) is 0 Å². The molecule has 0 aromatic heterocycles. The Morgan fingerprint density at radius 3 is 2.78 bits per heavy atom. The first kappa shape index (κ1) is 23.7. The van der Waals surface area contributed by atoms with Crippen molar-refractivity contribution >= 4 is 28.6 Å². The van der Waals surface area contributed by atoms with Gasteiger partial charge in [-0.25, -0.2) is 4.79 Å². The van der Waals surface area contributed by atoms with E-state index in [-0.39, 0.29) is 19.2 Å². The van der Waals surface area contributed by atoms with Crippen LogP contribution in [-0.2, 0) is 28.1 Å². The second-order valence-electron chi connectivity index (χ2n) is 9.38. The van der Waals surface area contributed by atoms with Crippen LogP contribution in [0.25, 0.3) is 10.8 Å². The molecule has 5 rings (SSSR count). The van der Waals surface area contributed by atoms with E-state index in [1.165, 1.54) is 0 Å². The Hall–Kier alpha value is -4.07. The predicted octanol–water partition coefficient (Wildman–Crippen LogP) is 3.65. The molecule has 2 atom stereocenters. The summed E-state index contributed by atoms with van der Waals surface area (Å²) in [7, 11) is 0. The fourth-order valence-corrected chi connectivity index (χ4v) is 4.99. The van der Waals surface area contributed by atoms with E-state index < -0.39 is 23.4 Å². The number of hydrogen-bond acceptors (Lipinski definition) is 5. The Morgan fingerprint density at radius 1 is 1.19 bits per heavy atom. The van der Waals surface area contributed by atoms with Gasteiger partial charge in [0.1, 0.15) is 29.7 Å². The summed E-state index contributed by atoms with van der Waals surface area (Å²) >= 11 is 0. The topological polar surface area (TPSA) is 97.0 Å². The molecule has 2 heterocycles. The molecule has 4 amide bonds. The fourth-order valence-electron chi connectivity index (χ4n) is 4.99. The highest BCUT2D eigenvalue weighted by Gasteiger charge is 2.50. The summed E-state index contributed by atoms with van der Waals surface area (Å²) in [6.07, 6.45) is 0.902. The number of nitrogens with one attached hydrogen (secondary N) is 2. The molecule has 0 saturated carbocycles. The summed E-state index contributed by atoms with van der Waals surface area (Å²) in [5, 5.41) is 7.45. The van der Waals surface area contributed by atoms with Gasteiger partial charge in [0.2, 0.25) is 5.91 Å². The van der Waals surface area contributed by atoms with Gasteiger partial charge in [-0.1, -0.05) is 42.5 Å². The van der Waals surface area contributed by atoms with Crippen LogP contribution in [-0.4, -0.2) is 42.0 Å². The molecule has 36 heavy (non-hydrogen) atoms. The van der Waals surface area contributed by atoms with Crippen LogP contribution in [0.3, 0.4) is 0 Å². The second kappa shape index (κ2) is 9.18. The van der Waals surface area contributed by atoms with Crippen molar-refractivity contribution in [3.8, 4) is 11.5 Å². The number of fused-ring (bicyclic) bond motifs is 2. The number of urea groups is 1. The zero-order valence-corrected chi connectivity index (χ0v) is 20.6. The van der Waals surface area contributed by atoms with E-state index in [0.29, 0.717) is 17.9 Å². The molecule has 0 radical (unpaired) electrons. The van der Waals surface area contributed by atoms with Crippen LogP contribution in [0.5, 0.6) is 11.5 Å². The van der Waals surface area contributed by atoms with Gasteiger partial charge in [0.25, 0.3) is 5.91 Å². The Kier molecular flexibility index (Phi) is 6.04. The average molecular weight is 488 g/mol. The van der Waals surface area contributed by atoms with E-state index >= 15 is 0 Å². The van der Waals surface area contributed by atoms with Crippen molar-refractivity contribution in [3.05, 3.63) is 71.3 Å².